The summed E-state index contributed by atoms with van der Waals surface area (Å²) in [6.07, 6.45) is 3.41. The third-order valence-corrected chi connectivity index (χ3v) is 3.63. The first kappa shape index (κ1) is 12.8. The highest BCUT2D eigenvalue weighted by Crippen LogP contribution is 2.23. The zero-order chi connectivity index (χ0) is 12.1. The van der Waals surface area contributed by atoms with E-state index in [2.05, 4.69) is 21.2 Å². The number of nitrogens with one attached hydrogen (secondary N) is 1. The number of hydrogen-bond acceptors (Lipinski definition) is 2. The first-order valence-corrected chi connectivity index (χ1v) is 6.83. The van der Waals surface area contributed by atoms with Gasteiger partial charge in [-0.05, 0) is 56.5 Å². The fourth-order valence-electron chi connectivity index (χ4n) is 2.09. The smallest absolute Gasteiger partial charge is 0.165 e. The van der Waals surface area contributed by atoms with Gasteiger partial charge < -0.3 is 10.1 Å². The number of rotatable bonds is 4. The minimum absolute atomic E-state index is 0.293. The van der Waals surface area contributed by atoms with Gasteiger partial charge in [-0.1, -0.05) is 15.9 Å². The van der Waals surface area contributed by atoms with E-state index in [-0.39, 0.29) is 5.82 Å². The van der Waals surface area contributed by atoms with Crippen LogP contribution in [0.1, 0.15) is 19.3 Å². The van der Waals surface area contributed by atoms with Crippen molar-refractivity contribution in [1.29, 1.82) is 0 Å². The quantitative estimate of drug-likeness (QED) is 0.921. The summed E-state index contributed by atoms with van der Waals surface area (Å²) in [7, 11) is 0. The van der Waals surface area contributed by atoms with Crippen molar-refractivity contribution in [3.63, 3.8) is 0 Å². The van der Waals surface area contributed by atoms with Gasteiger partial charge in [-0.2, -0.15) is 0 Å². The maximum Gasteiger partial charge on any atom is 0.165 e. The first-order valence-electron chi connectivity index (χ1n) is 6.04. The van der Waals surface area contributed by atoms with Gasteiger partial charge in [0.15, 0.2) is 11.6 Å². The van der Waals surface area contributed by atoms with Crippen LogP contribution in [0.3, 0.4) is 0 Å². The van der Waals surface area contributed by atoms with Gasteiger partial charge in [-0.3, -0.25) is 0 Å². The van der Waals surface area contributed by atoms with Gasteiger partial charge in [0.2, 0.25) is 0 Å². The predicted octanol–water partition coefficient (Wildman–Crippen LogP) is 3.36. The number of piperidine rings is 1. The van der Waals surface area contributed by atoms with Crippen molar-refractivity contribution in [1.82, 2.24) is 5.32 Å². The van der Waals surface area contributed by atoms with E-state index in [0.717, 1.165) is 24.0 Å². The molecule has 0 bridgehead atoms. The highest BCUT2D eigenvalue weighted by atomic mass is 79.9. The van der Waals surface area contributed by atoms with E-state index in [0.29, 0.717) is 18.3 Å². The van der Waals surface area contributed by atoms with Crippen molar-refractivity contribution in [3.05, 3.63) is 28.5 Å². The Morgan fingerprint density at radius 2 is 2.12 bits per heavy atom. The Balaban J connectivity index is 1.79. The summed E-state index contributed by atoms with van der Waals surface area (Å²) >= 11 is 3.31. The first-order chi connectivity index (χ1) is 8.25. The van der Waals surface area contributed by atoms with Gasteiger partial charge in [-0.25, -0.2) is 4.39 Å². The molecule has 0 atom stereocenters. The molecule has 1 fully saturated rings. The Bertz CT molecular complexity index is 366. The Labute approximate surface area is 110 Å². The number of ether oxygens (including phenoxy) is 1. The molecular weight excluding hydrogens is 285 g/mol. The largest absolute Gasteiger partial charge is 0.490 e. The van der Waals surface area contributed by atoms with E-state index in [4.69, 9.17) is 4.74 Å². The molecule has 4 heteroatoms. The van der Waals surface area contributed by atoms with E-state index in [1.165, 1.54) is 18.9 Å². The van der Waals surface area contributed by atoms with Crippen LogP contribution >= 0.6 is 15.9 Å². The van der Waals surface area contributed by atoms with Crippen LogP contribution in [-0.4, -0.2) is 19.7 Å². The molecule has 2 nitrogen and oxygen atoms in total. The lowest BCUT2D eigenvalue weighted by atomic mass is 9.95. The molecule has 17 heavy (non-hydrogen) atoms. The van der Waals surface area contributed by atoms with Crippen LogP contribution in [0.5, 0.6) is 5.75 Å². The van der Waals surface area contributed by atoms with Gasteiger partial charge in [0, 0.05) is 4.47 Å². The minimum atomic E-state index is -0.293. The molecule has 0 spiro atoms. The molecule has 1 aromatic rings. The monoisotopic (exact) mass is 301 g/mol. The Hall–Kier alpha value is -0.610. The van der Waals surface area contributed by atoms with Crippen LogP contribution in [0, 0.1) is 11.7 Å². The highest BCUT2D eigenvalue weighted by molar-refractivity contribution is 9.10. The van der Waals surface area contributed by atoms with Crippen LogP contribution in [0.4, 0.5) is 4.39 Å². The van der Waals surface area contributed by atoms with Crippen LogP contribution in [-0.2, 0) is 0 Å². The maximum absolute atomic E-state index is 13.4. The van der Waals surface area contributed by atoms with Crippen molar-refractivity contribution in [2.75, 3.05) is 19.7 Å². The number of benzene rings is 1. The van der Waals surface area contributed by atoms with Gasteiger partial charge >= 0.3 is 0 Å². The summed E-state index contributed by atoms with van der Waals surface area (Å²) in [5.74, 6) is 0.762. The average molecular weight is 302 g/mol. The SMILES string of the molecule is Fc1ccc(Br)cc1OCCC1CCNCC1. The van der Waals surface area contributed by atoms with Crippen molar-refractivity contribution in [2.24, 2.45) is 5.92 Å². The van der Waals surface area contributed by atoms with E-state index < -0.39 is 0 Å². The fraction of sp³-hybridized carbons (Fsp3) is 0.538. The molecule has 1 N–H and O–H groups in total. The second kappa shape index (κ2) is 6.36. The Morgan fingerprint density at radius 1 is 1.35 bits per heavy atom. The summed E-state index contributed by atoms with van der Waals surface area (Å²) in [6, 6.07) is 4.77. The molecule has 0 radical (unpaired) electrons. The number of hydrogen-bond donors (Lipinski definition) is 1. The van der Waals surface area contributed by atoms with Gasteiger partial charge in [0.1, 0.15) is 0 Å². The predicted molar refractivity (Wildman–Crippen MR) is 69.8 cm³/mol. The number of halogens is 2. The topological polar surface area (TPSA) is 21.3 Å². The normalized spacial score (nSPS) is 17.1. The standard InChI is InChI=1S/C13H17BrFNO/c14-11-1-2-12(15)13(9-11)17-8-5-10-3-6-16-7-4-10/h1-2,9-10,16H,3-8H2. The van der Waals surface area contributed by atoms with Crippen LogP contribution in [0.15, 0.2) is 22.7 Å². The molecule has 1 heterocycles. The molecule has 94 valence electrons. The summed E-state index contributed by atoms with van der Waals surface area (Å²) in [5, 5.41) is 3.33. The molecule has 0 aromatic heterocycles. The zero-order valence-electron chi connectivity index (χ0n) is 9.72. The molecular formula is C13H17BrFNO. The molecule has 0 unspecified atom stereocenters. The summed E-state index contributed by atoms with van der Waals surface area (Å²) in [6.45, 7) is 2.78. The molecule has 0 amide bonds. The van der Waals surface area contributed by atoms with E-state index in [1.807, 2.05) is 0 Å². The van der Waals surface area contributed by atoms with Crippen molar-refractivity contribution >= 4 is 15.9 Å². The molecule has 1 aliphatic rings. The third-order valence-electron chi connectivity index (χ3n) is 3.14. The highest BCUT2D eigenvalue weighted by Gasteiger charge is 2.13. The Kier molecular flexibility index (Phi) is 4.80. The zero-order valence-corrected chi connectivity index (χ0v) is 11.3. The van der Waals surface area contributed by atoms with E-state index in [1.54, 1.807) is 12.1 Å². The van der Waals surface area contributed by atoms with Crippen molar-refractivity contribution in [3.8, 4) is 5.75 Å². The summed E-state index contributed by atoms with van der Waals surface area (Å²) in [4.78, 5) is 0. The van der Waals surface area contributed by atoms with Crippen LogP contribution in [0.2, 0.25) is 0 Å². The summed E-state index contributed by atoms with van der Waals surface area (Å²) in [5.41, 5.74) is 0. The lowest BCUT2D eigenvalue weighted by molar-refractivity contribution is 0.244. The van der Waals surface area contributed by atoms with Gasteiger partial charge in [0.05, 0.1) is 6.61 Å². The van der Waals surface area contributed by atoms with Crippen LogP contribution < -0.4 is 10.1 Å². The van der Waals surface area contributed by atoms with Crippen molar-refractivity contribution < 1.29 is 9.13 Å². The molecule has 1 aliphatic heterocycles. The molecule has 0 saturated carbocycles. The van der Waals surface area contributed by atoms with E-state index >= 15 is 0 Å². The van der Waals surface area contributed by atoms with Crippen LogP contribution in [0.25, 0.3) is 0 Å². The second-order valence-corrected chi connectivity index (χ2v) is 5.32. The fourth-order valence-corrected chi connectivity index (χ4v) is 2.43. The average Bonchev–Trinajstić information content (AvgIpc) is 2.35. The van der Waals surface area contributed by atoms with Gasteiger partial charge in [-0.15, -0.1) is 0 Å². The van der Waals surface area contributed by atoms with Gasteiger partial charge in [0.25, 0.3) is 0 Å². The minimum Gasteiger partial charge on any atom is -0.490 e. The van der Waals surface area contributed by atoms with E-state index in [9.17, 15) is 4.39 Å². The van der Waals surface area contributed by atoms with Crippen molar-refractivity contribution in [2.45, 2.75) is 19.3 Å². The lowest BCUT2D eigenvalue weighted by Crippen LogP contribution is -2.28. The molecule has 1 aromatic carbocycles. The molecule has 0 aliphatic carbocycles. The lowest BCUT2D eigenvalue weighted by Gasteiger charge is -2.22. The molecule has 2 rings (SSSR count). The maximum atomic E-state index is 13.4. The summed E-state index contributed by atoms with van der Waals surface area (Å²) < 4.78 is 19.7. The third kappa shape index (κ3) is 3.96. The second-order valence-electron chi connectivity index (χ2n) is 4.41. The molecule has 1 saturated heterocycles. The Morgan fingerprint density at radius 3 is 2.88 bits per heavy atom.